The first kappa shape index (κ1) is 21.5. The molecule has 0 radical (unpaired) electrons. The average molecular weight is 368 g/mol. The highest BCUT2D eigenvalue weighted by Crippen LogP contribution is 2.15. The van der Waals surface area contributed by atoms with Crippen LogP contribution in [0.5, 0.6) is 0 Å². The van der Waals surface area contributed by atoms with Crippen molar-refractivity contribution in [3.05, 3.63) is 0 Å². The summed E-state index contributed by atoms with van der Waals surface area (Å²) < 4.78 is 5.39. The Morgan fingerprint density at radius 2 is 1.85 bits per heavy atom. The summed E-state index contributed by atoms with van der Waals surface area (Å²) in [6.07, 6.45) is 6.39. The molecular weight excluding hydrogens is 326 g/mol. The number of nitrogens with one attached hydrogen (secondary N) is 2. The van der Waals surface area contributed by atoms with E-state index in [4.69, 9.17) is 9.73 Å². The van der Waals surface area contributed by atoms with Crippen molar-refractivity contribution in [1.29, 1.82) is 0 Å². The van der Waals surface area contributed by atoms with Gasteiger partial charge in [-0.2, -0.15) is 0 Å². The zero-order valence-corrected chi connectivity index (χ0v) is 17.1. The molecule has 2 fully saturated rings. The highest BCUT2D eigenvalue weighted by atomic mass is 16.5. The Bertz CT molecular complexity index is 384. The standard InChI is InChI=1S/C20H41N5O/c1-3-21-20(23-10-7-13-24-14-16-26-17-15-24)22-9-4-5-11-25-12-6-8-19(2)18-25/h19H,3-18H2,1-2H3,(H2,21,22,23). The van der Waals surface area contributed by atoms with Crippen LogP contribution in [0.4, 0.5) is 0 Å². The van der Waals surface area contributed by atoms with Gasteiger partial charge in [-0.15, -0.1) is 0 Å². The van der Waals surface area contributed by atoms with E-state index in [0.717, 1.165) is 70.8 Å². The molecule has 2 rings (SSSR count). The Morgan fingerprint density at radius 3 is 2.62 bits per heavy atom. The fraction of sp³-hybridized carbons (Fsp3) is 0.950. The molecule has 0 aromatic carbocycles. The van der Waals surface area contributed by atoms with E-state index in [0.29, 0.717) is 0 Å². The third-order valence-corrected chi connectivity index (χ3v) is 5.29. The summed E-state index contributed by atoms with van der Waals surface area (Å²) in [6.45, 7) is 16.2. The molecule has 0 bridgehead atoms. The minimum absolute atomic E-state index is 0.879. The average Bonchev–Trinajstić information content (AvgIpc) is 2.66. The van der Waals surface area contributed by atoms with Crippen LogP contribution in [0.3, 0.4) is 0 Å². The quantitative estimate of drug-likeness (QED) is 0.350. The first-order chi connectivity index (χ1) is 12.8. The zero-order valence-electron chi connectivity index (χ0n) is 17.1. The summed E-state index contributed by atoms with van der Waals surface area (Å²) in [4.78, 5) is 9.83. The van der Waals surface area contributed by atoms with Gasteiger partial charge in [-0.25, -0.2) is 0 Å². The van der Waals surface area contributed by atoms with E-state index in [1.807, 2.05) is 0 Å². The van der Waals surface area contributed by atoms with Crippen LogP contribution in [0.1, 0.15) is 46.0 Å². The predicted octanol–water partition coefficient (Wildman–Crippen LogP) is 1.78. The molecular formula is C20H41N5O. The van der Waals surface area contributed by atoms with Crippen LogP contribution in [-0.2, 0) is 4.74 Å². The molecule has 6 nitrogen and oxygen atoms in total. The number of ether oxygens (including phenoxy) is 1. The molecule has 0 saturated carbocycles. The molecule has 2 saturated heterocycles. The van der Waals surface area contributed by atoms with E-state index in [-0.39, 0.29) is 0 Å². The number of unbranched alkanes of at least 4 members (excludes halogenated alkanes) is 1. The monoisotopic (exact) mass is 367 g/mol. The van der Waals surface area contributed by atoms with Gasteiger partial charge in [0, 0.05) is 45.8 Å². The molecule has 0 aliphatic carbocycles. The van der Waals surface area contributed by atoms with Crippen molar-refractivity contribution in [1.82, 2.24) is 20.4 Å². The molecule has 0 amide bonds. The van der Waals surface area contributed by atoms with E-state index in [1.165, 1.54) is 45.3 Å². The van der Waals surface area contributed by atoms with Crippen LogP contribution in [0.25, 0.3) is 0 Å². The van der Waals surface area contributed by atoms with Crippen LogP contribution < -0.4 is 10.6 Å². The lowest BCUT2D eigenvalue weighted by Gasteiger charge is -2.30. The molecule has 2 heterocycles. The smallest absolute Gasteiger partial charge is 0.191 e. The molecule has 152 valence electrons. The molecule has 2 aliphatic rings. The molecule has 0 aromatic heterocycles. The minimum atomic E-state index is 0.879. The number of guanidine groups is 1. The van der Waals surface area contributed by atoms with Crippen molar-refractivity contribution in [3.8, 4) is 0 Å². The molecule has 6 heteroatoms. The first-order valence-corrected chi connectivity index (χ1v) is 10.8. The lowest BCUT2D eigenvalue weighted by molar-refractivity contribution is 0.0377. The minimum Gasteiger partial charge on any atom is -0.379 e. The maximum atomic E-state index is 5.39. The summed E-state index contributed by atoms with van der Waals surface area (Å²) in [6, 6.07) is 0. The summed E-state index contributed by atoms with van der Waals surface area (Å²) in [5, 5.41) is 6.85. The Labute approximate surface area is 160 Å². The molecule has 26 heavy (non-hydrogen) atoms. The van der Waals surface area contributed by atoms with E-state index in [2.05, 4.69) is 34.3 Å². The lowest BCUT2D eigenvalue weighted by atomic mass is 10.0. The van der Waals surface area contributed by atoms with Gasteiger partial charge in [0.2, 0.25) is 0 Å². The topological polar surface area (TPSA) is 52.1 Å². The molecule has 1 unspecified atom stereocenters. The van der Waals surface area contributed by atoms with Gasteiger partial charge in [0.15, 0.2) is 5.96 Å². The number of morpholine rings is 1. The van der Waals surface area contributed by atoms with E-state index >= 15 is 0 Å². The van der Waals surface area contributed by atoms with Gasteiger partial charge in [-0.1, -0.05) is 6.92 Å². The van der Waals surface area contributed by atoms with Gasteiger partial charge >= 0.3 is 0 Å². The number of hydrogen-bond acceptors (Lipinski definition) is 4. The number of nitrogens with zero attached hydrogens (tertiary/aromatic N) is 3. The van der Waals surface area contributed by atoms with E-state index in [1.54, 1.807) is 0 Å². The van der Waals surface area contributed by atoms with Crippen LogP contribution in [-0.4, -0.2) is 87.9 Å². The van der Waals surface area contributed by atoms with Crippen molar-refractivity contribution >= 4 is 5.96 Å². The van der Waals surface area contributed by atoms with Crippen LogP contribution in [0, 0.1) is 5.92 Å². The number of likely N-dealkylation sites (tertiary alicyclic amines) is 1. The van der Waals surface area contributed by atoms with Gasteiger partial charge in [0.1, 0.15) is 0 Å². The second kappa shape index (κ2) is 13.3. The van der Waals surface area contributed by atoms with Gasteiger partial charge in [-0.05, 0) is 58.0 Å². The number of piperidine rings is 1. The second-order valence-corrected chi connectivity index (χ2v) is 7.75. The van der Waals surface area contributed by atoms with Crippen molar-refractivity contribution in [2.24, 2.45) is 10.9 Å². The summed E-state index contributed by atoms with van der Waals surface area (Å²) in [5.74, 6) is 1.85. The highest BCUT2D eigenvalue weighted by Gasteiger charge is 2.15. The Balaban J connectivity index is 1.53. The van der Waals surface area contributed by atoms with Crippen LogP contribution in [0.2, 0.25) is 0 Å². The van der Waals surface area contributed by atoms with Crippen molar-refractivity contribution < 1.29 is 4.74 Å². The molecule has 0 aromatic rings. The Hall–Kier alpha value is -0.850. The second-order valence-electron chi connectivity index (χ2n) is 7.75. The van der Waals surface area contributed by atoms with Gasteiger partial charge in [0.05, 0.1) is 13.2 Å². The summed E-state index contributed by atoms with van der Waals surface area (Å²) in [5.41, 5.74) is 0. The van der Waals surface area contributed by atoms with E-state index in [9.17, 15) is 0 Å². The number of rotatable bonds is 10. The molecule has 2 N–H and O–H groups in total. The maximum absolute atomic E-state index is 5.39. The predicted molar refractivity (Wildman–Crippen MR) is 110 cm³/mol. The Morgan fingerprint density at radius 1 is 1.04 bits per heavy atom. The fourth-order valence-electron chi connectivity index (χ4n) is 3.81. The van der Waals surface area contributed by atoms with Crippen LogP contribution in [0.15, 0.2) is 4.99 Å². The van der Waals surface area contributed by atoms with Crippen molar-refractivity contribution in [2.45, 2.75) is 46.0 Å². The van der Waals surface area contributed by atoms with Crippen LogP contribution >= 0.6 is 0 Å². The van der Waals surface area contributed by atoms with Gasteiger partial charge in [-0.3, -0.25) is 9.89 Å². The fourth-order valence-corrected chi connectivity index (χ4v) is 3.81. The van der Waals surface area contributed by atoms with Gasteiger partial charge in [0.25, 0.3) is 0 Å². The Kier molecular flexibility index (Phi) is 11.0. The van der Waals surface area contributed by atoms with Crippen molar-refractivity contribution in [3.63, 3.8) is 0 Å². The SMILES string of the molecule is CCNC(=NCCCN1CCOCC1)NCCCCN1CCCC(C)C1. The molecule has 2 aliphatic heterocycles. The number of aliphatic imine (C=N–C) groups is 1. The lowest BCUT2D eigenvalue weighted by Crippen LogP contribution is -2.39. The van der Waals surface area contributed by atoms with E-state index < -0.39 is 0 Å². The largest absolute Gasteiger partial charge is 0.379 e. The van der Waals surface area contributed by atoms with Crippen molar-refractivity contribution in [2.75, 3.05) is 72.1 Å². The highest BCUT2D eigenvalue weighted by molar-refractivity contribution is 5.79. The van der Waals surface area contributed by atoms with Gasteiger partial charge < -0.3 is 20.3 Å². The maximum Gasteiger partial charge on any atom is 0.191 e. The molecule has 0 spiro atoms. The summed E-state index contributed by atoms with van der Waals surface area (Å²) >= 11 is 0. The zero-order chi connectivity index (χ0) is 18.5. The normalized spacial score (nSPS) is 23.2. The summed E-state index contributed by atoms with van der Waals surface area (Å²) in [7, 11) is 0. The first-order valence-electron chi connectivity index (χ1n) is 10.8. The molecule has 1 atom stereocenters. The third kappa shape index (κ3) is 9.19. The number of hydrogen-bond donors (Lipinski definition) is 2. The third-order valence-electron chi connectivity index (χ3n) is 5.29.